The van der Waals surface area contributed by atoms with Crippen molar-refractivity contribution >= 4 is 23.2 Å². The van der Waals surface area contributed by atoms with Crippen LogP contribution in [0.4, 0.5) is 10.1 Å². The zero-order chi connectivity index (χ0) is 17.7. The number of amides is 1. The summed E-state index contributed by atoms with van der Waals surface area (Å²) in [5.74, 6) is 0.0833. The summed E-state index contributed by atoms with van der Waals surface area (Å²) in [6.07, 6.45) is 0. The highest BCUT2D eigenvalue weighted by atomic mass is 35.5. The number of methoxy groups -OCH3 is 1. The van der Waals surface area contributed by atoms with E-state index in [2.05, 4.69) is 5.32 Å². The molecule has 0 unspecified atom stereocenters. The lowest BCUT2D eigenvalue weighted by molar-refractivity contribution is -0.120. The fourth-order valence-corrected chi connectivity index (χ4v) is 2.44. The van der Waals surface area contributed by atoms with Crippen LogP contribution in [-0.2, 0) is 11.3 Å². The molecule has 1 N–H and O–H groups in total. The molecular weight excluding hydrogens is 331 g/mol. The number of nitrogens with zero attached hydrogens (tertiary/aromatic N) is 1. The lowest BCUT2D eigenvalue weighted by atomic mass is 10.1. The number of hydrogen-bond acceptors (Lipinski definition) is 3. The van der Waals surface area contributed by atoms with E-state index in [4.69, 9.17) is 16.3 Å². The van der Waals surface area contributed by atoms with Crippen LogP contribution in [0.5, 0.6) is 5.75 Å². The predicted octanol–water partition coefficient (Wildman–Crippen LogP) is 3.95. The summed E-state index contributed by atoms with van der Waals surface area (Å²) in [7, 11) is 3.31. The summed E-state index contributed by atoms with van der Waals surface area (Å²) in [5.41, 5.74) is 1.02. The fraction of sp³-hybridized carbons (Fsp3) is 0.278. The second-order valence-electron chi connectivity index (χ2n) is 5.51. The van der Waals surface area contributed by atoms with Gasteiger partial charge in [-0.2, -0.15) is 0 Å². The van der Waals surface area contributed by atoms with E-state index in [1.54, 1.807) is 62.4 Å². The van der Waals surface area contributed by atoms with Gasteiger partial charge in [0, 0.05) is 28.9 Å². The molecule has 0 fully saturated rings. The van der Waals surface area contributed by atoms with Gasteiger partial charge >= 0.3 is 0 Å². The topological polar surface area (TPSA) is 41.6 Å². The molecule has 0 radical (unpaired) electrons. The van der Waals surface area contributed by atoms with Crippen molar-refractivity contribution in [2.45, 2.75) is 19.5 Å². The van der Waals surface area contributed by atoms with E-state index in [0.717, 1.165) is 0 Å². The molecule has 0 aliphatic carbocycles. The van der Waals surface area contributed by atoms with Crippen LogP contribution in [0.3, 0.4) is 0 Å². The molecule has 0 aliphatic heterocycles. The number of nitrogens with one attached hydrogen (secondary N) is 1. The fourth-order valence-electron chi connectivity index (χ4n) is 2.22. The summed E-state index contributed by atoms with van der Waals surface area (Å²) in [5, 5.41) is 3.17. The van der Waals surface area contributed by atoms with Gasteiger partial charge in [0.2, 0.25) is 5.91 Å². The molecule has 0 spiro atoms. The van der Waals surface area contributed by atoms with Gasteiger partial charge < -0.3 is 10.1 Å². The highest BCUT2D eigenvalue weighted by Gasteiger charge is 2.20. The second kappa shape index (κ2) is 8.13. The first-order valence-corrected chi connectivity index (χ1v) is 7.88. The zero-order valence-corrected chi connectivity index (χ0v) is 14.6. The Balaban J connectivity index is 2.04. The van der Waals surface area contributed by atoms with Crippen LogP contribution in [0.2, 0.25) is 5.02 Å². The minimum atomic E-state index is -0.466. The number of anilines is 1. The molecule has 0 bridgehead atoms. The van der Waals surface area contributed by atoms with Crippen molar-refractivity contribution in [3.63, 3.8) is 0 Å². The minimum Gasteiger partial charge on any atom is -0.497 e. The van der Waals surface area contributed by atoms with Crippen LogP contribution in [-0.4, -0.2) is 31.0 Å². The SMILES string of the molecule is COc1cccc(NC(=O)[C@H](C)N(C)Cc2c(F)cccc2Cl)c1. The number of likely N-dealkylation sites (N-methyl/N-ethyl adjacent to an activating group) is 1. The Morgan fingerprint density at radius 3 is 2.71 bits per heavy atom. The van der Waals surface area contributed by atoms with Crippen molar-refractivity contribution in [1.82, 2.24) is 4.90 Å². The molecule has 0 aliphatic rings. The van der Waals surface area contributed by atoms with E-state index >= 15 is 0 Å². The Labute approximate surface area is 146 Å². The van der Waals surface area contributed by atoms with Crippen molar-refractivity contribution in [1.29, 1.82) is 0 Å². The predicted molar refractivity (Wildman–Crippen MR) is 94.0 cm³/mol. The van der Waals surface area contributed by atoms with Gasteiger partial charge in [0.1, 0.15) is 11.6 Å². The highest BCUT2D eigenvalue weighted by molar-refractivity contribution is 6.31. The van der Waals surface area contributed by atoms with Crippen molar-refractivity contribution < 1.29 is 13.9 Å². The largest absolute Gasteiger partial charge is 0.497 e. The maximum Gasteiger partial charge on any atom is 0.241 e. The van der Waals surface area contributed by atoms with Crippen LogP contribution < -0.4 is 10.1 Å². The van der Waals surface area contributed by atoms with E-state index in [1.165, 1.54) is 6.07 Å². The first-order chi connectivity index (χ1) is 11.4. The number of carbonyl (C=O) groups excluding carboxylic acids is 1. The van der Waals surface area contributed by atoms with Crippen LogP contribution in [0.1, 0.15) is 12.5 Å². The zero-order valence-electron chi connectivity index (χ0n) is 13.8. The molecule has 1 atom stereocenters. The van der Waals surface area contributed by atoms with Crippen molar-refractivity contribution in [3.05, 3.63) is 58.9 Å². The molecule has 6 heteroatoms. The molecule has 0 aromatic heterocycles. The van der Waals surface area contributed by atoms with Gasteiger partial charge in [-0.25, -0.2) is 4.39 Å². The van der Waals surface area contributed by atoms with E-state index in [1.807, 2.05) is 0 Å². The van der Waals surface area contributed by atoms with Gasteiger partial charge in [-0.1, -0.05) is 23.7 Å². The third-order valence-corrected chi connectivity index (χ3v) is 4.20. The number of rotatable bonds is 6. The molecule has 128 valence electrons. The molecule has 4 nitrogen and oxygen atoms in total. The Kier molecular flexibility index (Phi) is 6.17. The number of halogens is 2. The van der Waals surface area contributed by atoms with Crippen LogP contribution >= 0.6 is 11.6 Å². The summed E-state index contributed by atoms with van der Waals surface area (Å²) < 4.78 is 19.0. The van der Waals surface area contributed by atoms with E-state index < -0.39 is 6.04 Å². The summed E-state index contributed by atoms with van der Waals surface area (Å²) in [6, 6.07) is 11.2. The van der Waals surface area contributed by atoms with Gasteiger partial charge in [-0.05, 0) is 38.2 Å². The molecule has 2 aromatic carbocycles. The first kappa shape index (κ1) is 18.2. The van der Waals surface area contributed by atoms with Gasteiger partial charge in [-0.15, -0.1) is 0 Å². The molecule has 2 aromatic rings. The molecular formula is C18H20ClFN2O2. The third kappa shape index (κ3) is 4.46. The number of carbonyl (C=O) groups is 1. The summed E-state index contributed by atoms with van der Waals surface area (Å²) >= 11 is 6.04. The van der Waals surface area contributed by atoms with E-state index in [0.29, 0.717) is 22.0 Å². The molecule has 0 saturated heterocycles. The summed E-state index contributed by atoms with van der Waals surface area (Å²) in [6.45, 7) is 1.99. The first-order valence-electron chi connectivity index (χ1n) is 7.50. The minimum absolute atomic E-state index is 0.196. The lowest BCUT2D eigenvalue weighted by Crippen LogP contribution is -2.39. The van der Waals surface area contributed by atoms with Crippen LogP contribution in [0.25, 0.3) is 0 Å². The van der Waals surface area contributed by atoms with Crippen molar-refractivity contribution in [2.75, 3.05) is 19.5 Å². The number of benzene rings is 2. The quantitative estimate of drug-likeness (QED) is 0.857. The van der Waals surface area contributed by atoms with Gasteiger partial charge in [0.05, 0.1) is 13.2 Å². The Hall–Kier alpha value is -2.11. The van der Waals surface area contributed by atoms with Gasteiger partial charge in [0.15, 0.2) is 0 Å². The molecule has 2 rings (SSSR count). The smallest absolute Gasteiger partial charge is 0.241 e. The number of ether oxygens (including phenoxy) is 1. The molecule has 0 heterocycles. The number of hydrogen-bond donors (Lipinski definition) is 1. The normalized spacial score (nSPS) is 12.1. The van der Waals surface area contributed by atoms with Crippen LogP contribution in [0, 0.1) is 5.82 Å². The second-order valence-corrected chi connectivity index (χ2v) is 5.92. The van der Waals surface area contributed by atoms with Crippen molar-refractivity contribution in [3.8, 4) is 5.75 Å². The molecule has 24 heavy (non-hydrogen) atoms. The van der Waals surface area contributed by atoms with E-state index in [9.17, 15) is 9.18 Å². The van der Waals surface area contributed by atoms with Gasteiger partial charge in [-0.3, -0.25) is 9.69 Å². The average molecular weight is 351 g/mol. The van der Waals surface area contributed by atoms with Gasteiger partial charge in [0.25, 0.3) is 0 Å². The monoisotopic (exact) mass is 350 g/mol. The maximum atomic E-state index is 13.9. The molecule has 1 amide bonds. The van der Waals surface area contributed by atoms with Crippen molar-refractivity contribution in [2.24, 2.45) is 0 Å². The molecule has 0 saturated carbocycles. The standard InChI is InChI=1S/C18H20ClFN2O2/c1-12(18(23)21-13-6-4-7-14(10-13)24-3)22(2)11-15-16(19)8-5-9-17(15)20/h4-10,12H,11H2,1-3H3,(H,21,23)/t12-/m0/s1. The van der Waals surface area contributed by atoms with Crippen LogP contribution in [0.15, 0.2) is 42.5 Å². The third-order valence-electron chi connectivity index (χ3n) is 3.85. The maximum absolute atomic E-state index is 13.9. The summed E-state index contributed by atoms with van der Waals surface area (Å²) in [4.78, 5) is 14.1. The average Bonchev–Trinajstić information content (AvgIpc) is 2.57. The Morgan fingerprint density at radius 1 is 1.33 bits per heavy atom. The Bertz CT molecular complexity index is 704. The highest BCUT2D eigenvalue weighted by Crippen LogP contribution is 2.22. The lowest BCUT2D eigenvalue weighted by Gasteiger charge is -2.24. The van der Waals surface area contributed by atoms with E-state index in [-0.39, 0.29) is 18.3 Å². The Morgan fingerprint density at radius 2 is 2.04 bits per heavy atom.